The molecular weight excluding hydrogens is 184 g/mol. The molecule has 0 radical (unpaired) electrons. The second-order valence-electron chi connectivity index (χ2n) is 3.27. The first-order valence-electron chi connectivity index (χ1n) is 4.72. The van der Waals surface area contributed by atoms with Crippen LogP contribution >= 0.6 is 0 Å². The van der Waals surface area contributed by atoms with Gasteiger partial charge in [0, 0.05) is 12.0 Å². The maximum Gasteiger partial charge on any atom is 0.309 e. The highest BCUT2D eigenvalue weighted by Crippen LogP contribution is 2.26. The van der Waals surface area contributed by atoms with E-state index in [2.05, 4.69) is 0 Å². The third kappa shape index (κ3) is 2.34. The molecule has 1 unspecified atom stereocenters. The Morgan fingerprint density at radius 3 is 3.00 bits per heavy atom. The lowest BCUT2D eigenvalue weighted by atomic mass is 9.85. The van der Waals surface area contributed by atoms with Crippen molar-refractivity contribution in [2.45, 2.75) is 26.2 Å². The molecule has 1 saturated carbocycles. The van der Waals surface area contributed by atoms with Gasteiger partial charge in [0.2, 0.25) is 0 Å². The normalized spacial score (nSPS) is 25.1. The summed E-state index contributed by atoms with van der Waals surface area (Å²) < 4.78 is 4.85. The SMILES string of the molecule is CCOC(=O)C1CCC(=O)C(=CO)C1. The van der Waals surface area contributed by atoms with Gasteiger partial charge in [0.25, 0.3) is 0 Å². The minimum atomic E-state index is -0.278. The second-order valence-corrected chi connectivity index (χ2v) is 3.27. The number of allylic oxidation sites excluding steroid dienone is 1. The third-order valence-electron chi connectivity index (χ3n) is 2.32. The second kappa shape index (κ2) is 4.79. The van der Waals surface area contributed by atoms with Crippen LogP contribution in [0.5, 0.6) is 0 Å². The lowest BCUT2D eigenvalue weighted by molar-refractivity contribution is -0.148. The number of aliphatic hydroxyl groups is 1. The van der Waals surface area contributed by atoms with Crippen molar-refractivity contribution in [1.29, 1.82) is 0 Å². The summed E-state index contributed by atoms with van der Waals surface area (Å²) in [7, 11) is 0. The Kier molecular flexibility index (Phi) is 3.68. The fourth-order valence-corrected chi connectivity index (χ4v) is 1.53. The van der Waals surface area contributed by atoms with Crippen LogP contribution in [-0.4, -0.2) is 23.5 Å². The van der Waals surface area contributed by atoms with E-state index in [4.69, 9.17) is 9.84 Å². The van der Waals surface area contributed by atoms with Crippen molar-refractivity contribution in [3.8, 4) is 0 Å². The van der Waals surface area contributed by atoms with Crippen LogP contribution in [0.1, 0.15) is 26.2 Å². The molecule has 0 aliphatic heterocycles. The first kappa shape index (κ1) is 10.8. The number of aliphatic hydroxyl groups excluding tert-OH is 1. The fourth-order valence-electron chi connectivity index (χ4n) is 1.53. The van der Waals surface area contributed by atoms with Gasteiger partial charge in [-0.1, -0.05) is 0 Å². The summed E-state index contributed by atoms with van der Waals surface area (Å²) in [6.45, 7) is 2.09. The van der Waals surface area contributed by atoms with Gasteiger partial charge >= 0.3 is 5.97 Å². The molecule has 14 heavy (non-hydrogen) atoms. The summed E-state index contributed by atoms with van der Waals surface area (Å²) in [6.07, 6.45) is 1.94. The first-order valence-corrected chi connectivity index (χ1v) is 4.72. The summed E-state index contributed by atoms with van der Waals surface area (Å²) in [5.41, 5.74) is 0.328. The number of ketones is 1. The van der Waals surface area contributed by atoms with Gasteiger partial charge in [-0.2, -0.15) is 0 Å². The highest BCUT2D eigenvalue weighted by molar-refractivity contribution is 5.97. The van der Waals surface area contributed by atoms with E-state index in [1.165, 1.54) is 0 Å². The van der Waals surface area contributed by atoms with Gasteiger partial charge in [-0.15, -0.1) is 0 Å². The van der Waals surface area contributed by atoms with Gasteiger partial charge in [0.15, 0.2) is 5.78 Å². The molecule has 1 aliphatic carbocycles. The summed E-state index contributed by atoms with van der Waals surface area (Å²) in [6, 6.07) is 0. The first-order chi connectivity index (χ1) is 6.69. The number of hydrogen-bond donors (Lipinski definition) is 1. The van der Waals surface area contributed by atoms with E-state index in [-0.39, 0.29) is 17.7 Å². The Labute approximate surface area is 82.6 Å². The number of Topliss-reactive ketones (excluding diaryl/α,β-unsaturated/α-hetero) is 1. The third-order valence-corrected chi connectivity index (χ3v) is 2.32. The molecule has 1 atom stereocenters. The molecule has 0 amide bonds. The number of hydrogen-bond acceptors (Lipinski definition) is 4. The van der Waals surface area contributed by atoms with E-state index < -0.39 is 0 Å². The van der Waals surface area contributed by atoms with Crippen LogP contribution in [0.15, 0.2) is 11.8 Å². The van der Waals surface area contributed by atoms with E-state index in [1.807, 2.05) is 0 Å². The Morgan fingerprint density at radius 1 is 1.71 bits per heavy atom. The summed E-state index contributed by atoms with van der Waals surface area (Å²) in [5.74, 6) is -0.626. The minimum absolute atomic E-state index is 0.0759. The van der Waals surface area contributed by atoms with Gasteiger partial charge in [-0.3, -0.25) is 9.59 Å². The van der Waals surface area contributed by atoms with Crippen molar-refractivity contribution >= 4 is 11.8 Å². The van der Waals surface area contributed by atoms with E-state index >= 15 is 0 Å². The van der Waals surface area contributed by atoms with Crippen molar-refractivity contribution in [3.05, 3.63) is 11.8 Å². The summed E-state index contributed by atoms with van der Waals surface area (Å²) in [5, 5.41) is 8.76. The zero-order valence-corrected chi connectivity index (χ0v) is 8.16. The predicted molar refractivity (Wildman–Crippen MR) is 49.7 cm³/mol. The molecule has 1 N–H and O–H groups in total. The van der Waals surface area contributed by atoms with Crippen LogP contribution in [-0.2, 0) is 14.3 Å². The smallest absolute Gasteiger partial charge is 0.309 e. The summed E-state index contributed by atoms with van der Waals surface area (Å²) in [4.78, 5) is 22.5. The molecule has 0 aromatic carbocycles. The largest absolute Gasteiger partial charge is 0.515 e. The average Bonchev–Trinajstić information content (AvgIpc) is 2.19. The van der Waals surface area contributed by atoms with Crippen molar-refractivity contribution in [2.75, 3.05) is 6.61 Å². The highest BCUT2D eigenvalue weighted by atomic mass is 16.5. The van der Waals surface area contributed by atoms with Crippen molar-refractivity contribution in [1.82, 2.24) is 0 Å². The number of rotatable bonds is 2. The topological polar surface area (TPSA) is 63.6 Å². The van der Waals surface area contributed by atoms with Crippen LogP contribution < -0.4 is 0 Å². The molecule has 0 aromatic rings. The number of carbonyl (C=O) groups is 2. The quantitative estimate of drug-likeness (QED) is 0.413. The van der Waals surface area contributed by atoms with E-state index in [0.717, 1.165) is 6.26 Å². The Bertz CT molecular complexity index is 267. The molecule has 0 saturated heterocycles. The molecule has 0 heterocycles. The molecule has 78 valence electrons. The van der Waals surface area contributed by atoms with Gasteiger partial charge in [0.05, 0.1) is 18.8 Å². The minimum Gasteiger partial charge on any atom is -0.515 e. The lowest BCUT2D eigenvalue weighted by Gasteiger charge is -2.20. The van der Waals surface area contributed by atoms with Crippen molar-refractivity contribution < 1.29 is 19.4 Å². The predicted octanol–water partition coefficient (Wildman–Crippen LogP) is 1.36. The van der Waals surface area contributed by atoms with Crippen LogP contribution in [0.4, 0.5) is 0 Å². The highest BCUT2D eigenvalue weighted by Gasteiger charge is 2.29. The zero-order chi connectivity index (χ0) is 10.6. The molecule has 1 fully saturated rings. The number of carbonyl (C=O) groups excluding carboxylic acids is 2. The van der Waals surface area contributed by atoms with E-state index in [0.29, 0.717) is 31.4 Å². The fraction of sp³-hybridized carbons (Fsp3) is 0.600. The average molecular weight is 198 g/mol. The van der Waals surface area contributed by atoms with Crippen LogP contribution in [0.2, 0.25) is 0 Å². The molecule has 0 aromatic heterocycles. The van der Waals surface area contributed by atoms with Crippen LogP contribution in [0.25, 0.3) is 0 Å². The van der Waals surface area contributed by atoms with Crippen molar-refractivity contribution in [2.24, 2.45) is 5.92 Å². The maximum absolute atomic E-state index is 11.3. The van der Waals surface area contributed by atoms with Crippen LogP contribution in [0.3, 0.4) is 0 Å². The molecule has 0 spiro atoms. The van der Waals surface area contributed by atoms with E-state index in [9.17, 15) is 9.59 Å². The van der Waals surface area contributed by atoms with Gasteiger partial charge in [-0.25, -0.2) is 0 Å². The van der Waals surface area contributed by atoms with E-state index in [1.54, 1.807) is 6.92 Å². The molecular formula is C10H14O4. The lowest BCUT2D eigenvalue weighted by Crippen LogP contribution is -2.25. The molecule has 1 rings (SSSR count). The standard InChI is InChI=1S/C10H14O4/c1-2-14-10(13)7-3-4-9(12)8(5-7)6-11/h6-7,11H,2-5H2,1H3. The maximum atomic E-state index is 11.3. The van der Waals surface area contributed by atoms with Crippen molar-refractivity contribution in [3.63, 3.8) is 0 Å². The van der Waals surface area contributed by atoms with Gasteiger partial charge in [0.1, 0.15) is 0 Å². The Morgan fingerprint density at radius 2 is 2.43 bits per heavy atom. The number of ether oxygens (including phenoxy) is 1. The Balaban J connectivity index is 2.59. The molecule has 4 nitrogen and oxygen atoms in total. The summed E-state index contributed by atoms with van der Waals surface area (Å²) >= 11 is 0. The monoisotopic (exact) mass is 198 g/mol. The zero-order valence-electron chi connectivity index (χ0n) is 8.16. The molecule has 4 heteroatoms. The Hall–Kier alpha value is -1.32. The molecule has 1 aliphatic rings. The van der Waals surface area contributed by atoms with Crippen LogP contribution in [0, 0.1) is 5.92 Å². The molecule has 0 bridgehead atoms. The van der Waals surface area contributed by atoms with Gasteiger partial charge < -0.3 is 9.84 Å². The van der Waals surface area contributed by atoms with Gasteiger partial charge in [-0.05, 0) is 19.8 Å². The number of esters is 1.